The Balaban J connectivity index is 1.57. The maximum atomic E-state index is 11.5. The van der Waals surface area contributed by atoms with Crippen LogP contribution in [0.2, 0.25) is 0 Å². The molecule has 1 aliphatic rings. The molecule has 27 heavy (non-hydrogen) atoms. The van der Waals surface area contributed by atoms with Gasteiger partial charge in [-0.15, -0.1) is 0 Å². The average Bonchev–Trinajstić information content (AvgIpc) is 2.72. The Hall–Kier alpha value is -2.81. The van der Waals surface area contributed by atoms with Gasteiger partial charge in [-0.3, -0.25) is 0 Å². The highest BCUT2D eigenvalue weighted by atomic mass is 16.5. The van der Waals surface area contributed by atoms with Crippen molar-refractivity contribution in [3.8, 4) is 5.75 Å². The number of benzene rings is 2. The van der Waals surface area contributed by atoms with Crippen LogP contribution in [-0.4, -0.2) is 17.2 Å². The molecule has 0 heterocycles. The largest absolute Gasteiger partial charge is 0.479 e. The summed E-state index contributed by atoms with van der Waals surface area (Å²) in [5.74, 6) is -0.309. The van der Waals surface area contributed by atoms with E-state index in [1.807, 2.05) is 66.7 Å². The van der Waals surface area contributed by atoms with Crippen LogP contribution in [0.5, 0.6) is 5.75 Å². The van der Waals surface area contributed by atoms with Gasteiger partial charge in [0, 0.05) is 0 Å². The molecule has 0 aliphatic heterocycles. The van der Waals surface area contributed by atoms with Gasteiger partial charge < -0.3 is 9.84 Å². The first-order valence-electron chi connectivity index (χ1n) is 9.61. The Bertz CT molecular complexity index is 788. The molecule has 2 aromatic carbocycles. The van der Waals surface area contributed by atoms with Crippen molar-refractivity contribution in [3.05, 3.63) is 77.4 Å². The summed E-state index contributed by atoms with van der Waals surface area (Å²) < 4.78 is 5.73. The molecule has 1 atom stereocenters. The number of carboxylic acid groups (broad SMARTS) is 1. The number of carboxylic acids is 1. The lowest BCUT2D eigenvalue weighted by Crippen LogP contribution is -2.27. The minimum absolute atomic E-state index is 0.511. The third kappa shape index (κ3) is 6.14. The van der Waals surface area contributed by atoms with Gasteiger partial charge in [0.25, 0.3) is 0 Å². The van der Waals surface area contributed by atoms with Crippen molar-refractivity contribution < 1.29 is 14.6 Å². The molecule has 140 valence electrons. The lowest BCUT2D eigenvalue weighted by Gasteiger charge is -2.18. The normalized spacial score (nSPS) is 15.3. The first-order valence-corrected chi connectivity index (χ1v) is 9.61. The zero-order valence-corrected chi connectivity index (χ0v) is 15.5. The van der Waals surface area contributed by atoms with E-state index in [-0.39, 0.29) is 0 Å². The summed E-state index contributed by atoms with van der Waals surface area (Å²) in [6.45, 7) is 0. The first kappa shape index (κ1) is 19.0. The van der Waals surface area contributed by atoms with Crippen molar-refractivity contribution >= 4 is 18.1 Å². The lowest BCUT2D eigenvalue weighted by molar-refractivity contribution is -0.145. The van der Waals surface area contributed by atoms with E-state index in [9.17, 15) is 9.90 Å². The van der Waals surface area contributed by atoms with Gasteiger partial charge in [0.2, 0.25) is 0 Å². The van der Waals surface area contributed by atoms with Crippen molar-refractivity contribution in [2.75, 3.05) is 0 Å². The molecule has 0 amide bonds. The SMILES string of the molecule is O=C(O)C(CCC1=CCCCC1)Oc1ccc(C=Cc2ccccc2)cc1. The van der Waals surface area contributed by atoms with E-state index < -0.39 is 12.1 Å². The monoisotopic (exact) mass is 362 g/mol. The third-order valence-electron chi connectivity index (χ3n) is 4.81. The highest BCUT2D eigenvalue weighted by Crippen LogP contribution is 2.24. The summed E-state index contributed by atoms with van der Waals surface area (Å²) in [5, 5.41) is 9.47. The fraction of sp³-hybridized carbons (Fsp3) is 0.292. The molecule has 0 saturated carbocycles. The van der Waals surface area contributed by atoms with Gasteiger partial charge in [0.1, 0.15) is 5.75 Å². The average molecular weight is 362 g/mol. The molecule has 1 unspecified atom stereocenters. The maximum absolute atomic E-state index is 11.5. The van der Waals surface area contributed by atoms with Crippen molar-refractivity contribution in [2.45, 2.75) is 44.6 Å². The van der Waals surface area contributed by atoms with Gasteiger partial charge in [-0.05, 0) is 61.8 Å². The highest BCUT2D eigenvalue weighted by Gasteiger charge is 2.20. The number of carbonyl (C=O) groups is 1. The van der Waals surface area contributed by atoms with Gasteiger partial charge in [0.15, 0.2) is 6.10 Å². The van der Waals surface area contributed by atoms with Crippen LogP contribution in [0.25, 0.3) is 12.2 Å². The number of rotatable bonds is 8. The minimum Gasteiger partial charge on any atom is -0.479 e. The molecule has 0 bridgehead atoms. The second-order valence-corrected chi connectivity index (χ2v) is 6.90. The second-order valence-electron chi connectivity index (χ2n) is 6.90. The van der Waals surface area contributed by atoms with Crippen LogP contribution in [0.15, 0.2) is 66.2 Å². The third-order valence-corrected chi connectivity index (χ3v) is 4.81. The molecule has 0 radical (unpaired) electrons. The van der Waals surface area contributed by atoms with E-state index in [1.54, 1.807) is 0 Å². The molecule has 1 aliphatic carbocycles. The molecular formula is C24H26O3. The highest BCUT2D eigenvalue weighted by molar-refractivity contribution is 5.73. The van der Waals surface area contributed by atoms with Crippen LogP contribution in [0.1, 0.15) is 49.7 Å². The van der Waals surface area contributed by atoms with Gasteiger partial charge in [0.05, 0.1) is 0 Å². The fourth-order valence-electron chi connectivity index (χ4n) is 3.26. The summed E-state index contributed by atoms with van der Waals surface area (Å²) >= 11 is 0. The predicted molar refractivity (Wildman–Crippen MR) is 110 cm³/mol. The van der Waals surface area contributed by atoms with Crippen molar-refractivity contribution in [1.29, 1.82) is 0 Å². The van der Waals surface area contributed by atoms with Crippen LogP contribution in [-0.2, 0) is 4.79 Å². The zero-order valence-electron chi connectivity index (χ0n) is 15.5. The van der Waals surface area contributed by atoms with E-state index in [1.165, 1.54) is 18.4 Å². The quantitative estimate of drug-likeness (QED) is 0.465. The van der Waals surface area contributed by atoms with Crippen LogP contribution in [0.4, 0.5) is 0 Å². The molecule has 2 aromatic rings. The van der Waals surface area contributed by atoms with Crippen LogP contribution >= 0.6 is 0 Å². The molecular weight excluding hydrogens is 336 g/mol. The summed E-state index contributed by atoms with van der Waals surface area (Å²) in [7, 11) is 0. The zero-order chi connectivity index (χ0) is 18.9. The first-order chi connectivity index (χ1) is 13.2. The second kappa shape index (κ2) is 9.77. The number of hydrogen-bond acceptors (Lipinski definition) is 2. The Kier molecular flexibility index (Phi) is 6.86. The van der Waals surface area contributed by atoms with E-state index in [4.69, 9.17) is 4.74 Å². The van der Waals surface area contributed by atoms with E-state index >= 15 is 0 Å². The molecule has 0 saturated heterocycles. The number of hydrogen-bond donors (Lipinski definition) is 1. The topological polar surface area (TPSA) is 46.5 Å². The summed E-state index contributed by atoms with van der Waals surface area (Å²) in [5.41, 5.74) is 3.56. The molecule has 1 N–H and O–H groups in total. The standard InChI is InChI=1S/C24H26O3/c25-24(26)23(18-15-20-9-5-2-6-10-20)27-22-16-13-21(14-17-22)12-11-19-7-3-1-4-8-19/h1,3-4,7-9,11-14,16-17,23H,2,5-6,10,15,18H2,(H,25,26). The van der Waals surface area contributed by atoms with E-state index in [0.717, 1.165) is 30.4 Å². The van der Waals surface area contributed by atoms with Crippen LogP contribution < -0.4 is 4.74 Å². The molecule has 3 nitrogen and oxygen atoms in total. The maximum Gasteiger partial charge on any atom is 0.344 e. The molecule has 0 fully saturated rings. The van der Waals surface area contributed by atoms with Gasteiger partial charge in [-0.2, -0.15) is 0 Å². The molecule has 3 heteroatoms. The predicted octanol–water partition coefficient (Wildman–Crippen LogP) is 5.97. The van der Waals surface area contributed by atoms with Crippen molar-refractivity contribution in [3.63, 3.8) is 0 Å². The molecule has 3 rings (SSSR count). The van der Waals surface area contributed by atoms with Gasteiger partial charge in [-0.1, -0.05) is 66.3 Å². The fourth-order valence-corrected chi connectivity index (χ4v) is 3.26. The van der Waals surface area contributed by atoms with Crippen LogP contribution in [0, 0.1) is 0 Å². The Morgan fingerprint density at radius 2 is 1.70 bits per heavy atom. The Labute approximate surface area is 161 Å². The van der Waals surface area contributed by atoms with E-state index in [2.05, 4.69) is 6.08 Å². The summed E-state index contributed by atoms with van der Waals surface area (Å²) in [6, 6.07) is 17.7. The number of allylic oxidation sites excluding steroid dienone is 2. The molecule has 0 spiro atoms. The summed E-state index contributed by atoms with van der Waals surface area (Å²) in [6.07, 6.45) is 11.5. The smallest absolute Gasteiger partial charge is 0.344 e. The van der Waals surface area contributed by atoms with Crippen LogP contribution in [0.3, 0.4) is 0 Å². The van der Waals surface area contributed by atoms with Gasteiger partial charge >= 0.3 is 5.97 Å². The molecule has 0 aromatic heterocycles. The van der Waals surface area contributed by atoms with E-state index in [0.29, 0.717) is 12.2 Å². The van der Waals surface area contributed by atoms with Gasteiger partial charge in [-0.25, -0.2) is 4.79 Å². The summed E-state index contributed by atoms with van der Waals surface area (Å²) in [4.78, 5) is 11.5. The Morgan fingerprint density at radius 1 is 1.00 bits per heavy atom. The van der Waals surface area contributed by atoms with Crippen molar-refractivity contribution in [1.82, 2.24) is 0 Å². The Morgan fingerprint density at radius 3 is 2.33 bits per heavy atom. The number of ether oxygens (including phenoxy) is 1. The number of aliphatic carboxylic acids is 1. The lowest BCUT2D eigenvalue weighted by atomic mass is 9.95. The minimum atomic E-state index is -0.903. The van der Waals surface area contributed by atoms with Crippen molar-refractivity contribution in [2.24, 2.45) is 0 Å².